The molecule has 6 nitrogen and oxygen atoms in total. The zero-order chi connectivity index (χ0) is 23.1. The second-order valence-corrected chi connectivity index (χ2v) is 7.39. The molecule has 0 aromatic heterocycles. The molecule has 0 saturated heterocycles. The lowest BCUT2D eigenvalue weighted by Crippen LogP contribution is -2.25. The van der Waals surface area contributed by atoms with E-state index in [1.54, 1.807) is 24.3 Å². The fraction of sp³-hybridized carbons (Fsp3) is 0.391. The molecule has 0 unspecified atom stereocenters. The Kier molecular flexibility index (Phi) is 4.06. The highest BCUT2D eigenvalue weighted by Gasteiger charge is 2.52. The van der Waals surface area contributed by atoms with Crippen LogP contribution in [0.4, 0.5) is 0 Å². The maximum absolute atomic E-state index is 12.3. The maximum atomic E-state index is 12.3. The molecule has 2 aliphatic carbocycles. The van der Waals surface area contributed by atoms with Gasteiger partial charge in [0.1, 0.15) is 12.0 Å². The van der Waals surface area contributed by atoms with Crippen LogP contribution in [-0.4, -0.2) is 39.6 Å². The summed E-state index contributed by atoms with van der Waals surface area (Å²) in [5, 5.41) is 0. The molecule has 0 N–H and O–H groups in total. The molecule has 29 heavy (non-hydrogen) atoms. The molecular weight excluding hydrogens is 372 g/mol. The van der Waals surface area contributed by atoms with Gasteiger partial charge in [0.2, 0.25) is 5.75 Å². The first-order valence-electron chi connectivity index (χ1n) is 11.0. The smallest absolute Gasteiger partial charge is 0.315 e. The van der Waals surface area contributed by atoms with Gasteiger partial charge >= 0.3 is 5.97 Å². The standard InChI is InChI=1S/C23H24O6/c1-26-19-10-8-17(14-5-4-6-16-15(14)7-9-18(16)24)20(21(19)27-2)29-13-23(11-12-23)22(25)28-3/h4-6,8,10H,7,9,11-13H2,1-3H3/i2D3. The number of carbonyl (C=O) groups excluding carboxylic acids is 2. The van der Waals surface area contributed by atoms with Crippen molar-refractivity contribution in [3.8, 4) is 28.4 Å². The van der Waals surface area contributed by atoms with E-state index in [0.29, 0.717) is 36.8 Å². The van der Waals surface area contributed by atoms with Crippen molar-refractivity contribution in [2.24, 2.45) is 5.41 Å². The Balaban J connectivity index is 1.84. The Hall–Kier alpha value is -3.02. The van der Waals surface area contributed by atoms with E-state index in [4.69, 9.17) is 23.1 Å². The monoisotopic (exact) mass is 399 g/mol. The highest BCUT2D eigenvalue weighted by Crippen LogP contribution is 2.50. The molecule has 1 saturated carbocycles. The molecule has 0 atom stereocenters. The SMILES string of the molecule is [2H]C([2H])([2H])Oc1c(OC)ccc(-c2cccc3c2CCC3=O)c1OCC1(C(=O)OC)CC1. The Morgan fingerprint density at radius 3 is 2.52 bits per heavy atom. The molecule has 2 aromatic carbocycles. The molecule has 2 aliphatic rings. The number of benzene rings is 2. The highest BCUT2D eigenvalue weighted by molar-refractivity contribution is 6.02. The van der Waals surface area contributed by atoms with Crippen molar-refractivity contribution in [3.63, 3.8) is 0 Å². The predicted molar refractivity (Wildman–Crippen MR) is 107 cm³/mol. The van der Waals surface area contributed by atoms with Gasteiger partial charge in [0.25, 0.3) is 0 Å². The summed E-state index contributed by atoms with van der Waals surface area (Å²) in [6, 6.07) is 8.78. The van der Waals surface area contributed by atoms with Gasteiger partial charge in [-0.3, -0.25) is 9.59 Å². The van der Waals surface area contributed by atoms with Gasteiger partial charge in [-0.1, -0.05) is 18.2 Å². The van der Waals surface area contributed by atoms with Gasteiger partial charge < -0.3 is 18.9 Å². The first-order valence-corrected chi connectivity index (χ1v) is 9.46. The minimum absolute atomic E-state index is 0.00511. The van der Waals surface area contributed by atoms with Gasteiger partial charge in [-0.25, -0.2) is 0 Å². The molecule has 1 fully saturated rings. The van der Waals surface area contributed by atoms with Gasteiger partial charge in [0.15, 0.2) is 17.3 Å². The van der Waals surface area contributed by atoms with Crippen LogP contribution in [0.5, 0.6) is 17.2 Å². The quantitative estimate of drug-likeness (QED) is 0.659. The van der Waals surface area contributed by atoms with E-state index < -0.39 is 12.5 Å². The molecule has 152 valence electrons. The first kappa shape index (κ1) is 15.9. The number of rotatable bonds is 7. The topological polar surface area (TPSA) is 71.1 Å². The second kappa shape index (κ2) is 7.43. The van der Waals surface area contributed by atoms with E-state index >= 15 is 0 Å². The minimum atomic E-state index is -2.75. The van der Waals surface area contributed by atoms with Crippen molar-refractivity contribution in [1.29, 1.82) is 0 Å². The number of carbonyl (C=O) groups is 2. The summed E-state index contributed by atoms with van der Waals surface area (Å²) in [5.41, 5.74) is 2.08. The molecule has 0 aliphatic heterocycles. The summed E-state index contributed by atoms with van der Waals surface area (Å²) in [4.78, 5) is 24.5. The summed E-state index contributed by atoms with van der Waals surface area (Å²) < 4.78 is 44.5. The zero-order valence-electron chi connectivity index (χ0n) is 19.4. The van der Waals surface area contributed by atoms with E-state index in [0.717, 1.165) is 11.1 Å². The molecule has 0 bridgehead atoms. The largest absolute Gasteiger partial charge is 0.493 e. The lowest BCUT2D eigenvalue weighted by Gasteiger charge is -2.21. The third-order valence-electron chi connectivity index (χ3n) is 5.73. The van der Waals surface area contributed by atoms with E-state index in [1.807, 2.05) is 6.07 Å². The first-order chi connectivity index (χ1) is 15.2. The van der Waals surface area contributed by atoms with E-state index in [-0.39, 0.29) is 35.6 Å². The summed E-state index contributed by atoms with van der Waals surface area (Å²) >= 11 is 0. The van der Waals surface area contributed by atoms with Gasteiger partial charge in [-0.15, -0.1) is 0 Å². The number of ether oxygens (including phenoxy) is 4. The molecule has 0 spiro atoms. The lowest BCUT2D eigenvalue weighted by molar-refractivity contribution is -0.148. The van der Waals surface area contributed by atoms with Crippen LogP contribution < -0.4 is 14.2 Å². The fourth-order valence-corrected chi connectivity index (χ4v) is 3.89. The summed E-state index contributed by atoms with van der Waals surface area (Å²) in [5.74, 6) is -0.0340. The highest BCUT2D eigenvalue weighted by atomic mass is 16.5. The number of hydrogen-bond donors (Lipinski definition) is 0. The Morgan fingerprint density at radius 2 is 1.83 bits per heavy atom. The summed E-state index contributed by atoms with van der Waals surface area (Å²) in [6.45, 7) is 0.00511. The van der Waals surface area contributed by atoms with E-state index in [2.05, 4.69) is 0 Å². The Morgan fingerprint density at radius 1 is 1.03 bits per heavy atom. The van der Waals surface area contributed by atoms with Crippen molar-refractivity contribution in [1.82, 2.24) is 0 Å². The zero-order valence-corrected chi connectivity index (χ0v) is 16.4. The summed E-state index contributed by atoms with van der Waals surface area (Å²) in [6.07, 6.45) is 2.23. The third-order valence-corrected chi connectivity index (χ3v) is 5.73. The molecule has 4 rings (SSSR count). The summed E-state index contributed by atoms with van der Waals surface area (Å²) in [7, 11) is -0.0219. The number of Topliss-reactive ketones (excluding diaryl/α,β-unsaturated/α-hetero) is 1. The van der Waals surface area contributed by atoms with Crippen molar-refractivity contribution >= 4 is 11.8 Å². The van der Waals surface area contributed by atoms with Crippen molar-refractivity contribution in [2.45, 2.75) is 25.7 Å². The number of esters is 1. The number of fused-ring (bicyclic) bond motifs is 1. The molecule has 2 aromatic rings. The van der Waals surface area contributed by atoms with Crippen LogP contribution in [0.15, 0.2) is 30.3 Å². The van der Waals surface area contributed by atoms with Crippen LogP contribution in [0.3, 0.4) is 0 Å². The van der Waals surface area contributed by atoms with Crippen molar-refractivity contribution < 1.29 is 32.6 Å². The van der Waals surface area contributed by atoms with Gasteiger partial charge in [0, 0.05) is 17.5 Å². The van der Waals surface area contributed by atoms with Crippen LogP contribution >= 0.6 is 0 Å². The van der Waals surface area contributed by atoms with E-state index in [1.165, 1.54) is 14.2 Å². The van der Waals surface area contributed by atoms with Crippen LogP contribution in [-0.2, 0) is 16.0 Å². The van der Waals surface area contributed by atoms with Crippen LogP contribution in [0.25, 0.3) is 11.1 Å². The molecular formula is C23H24O6. The second-order valence-electron chi connectivity index (χ2n) is 7.39. The molecule has 0 amide bonds. The van der Waals surface area contributed by atoms with Gasteiger partial charge in [-0.05, 0) is 42.5 Å². The third kappa shape index (κ3) is 3.22. The van der Waals surface area contributed by atoms with Gasteiger partial charge in [-0.2, -0.15) is 0 Å². The number of methoxy groups -OCH3 is 3. The van der Waals surface area contributed by atoms with Crippen molar-refractivity contribution in [3.05, 3.63) is 41.5 Å². The Labute approximate surface area is 173 Å². The lowest BCUT2D eigenvalue weighted by atomic mass is 9.95. The van der Waals surface area contributed by atoms with Gasteiger partial charge in [0.05, 0.1) is 25.4 Å². The average molecular weight is 399 g/mol. The number of hydrogen-bond acceptors (Lipinski definition) is 6. The maximum Gasteiger partial charge on any atom is 0.315 e. The van der Waals surface area contributed by atoms with Crippen LogP contribution in [0, 0.1) is 5.41 Å². The molecule has 0 heterocycles. The average Bonchev–Trinajstić information content (AvgIpc) is 3.46. The normalized spacial score (nSPS) is 18.1. The number of ketones is 1. The Bertz CT molecular complexity index is 1070. The predicted octanol–water partition coefficient (Wildman–Crippen LogP) is 3.83. The van der Waals surface area contributed by atoms with Crippen molar-refractivity contribution in [2.75, 3.05) is 27.9 Å². The molecule has 0 radical (unpaired) electrons. The fourth-order valence-electron chi connectivity index (χ4n) is 3.89. The van der Waals surface area contributed by atoms with Crippen LogP contribution in [0.1, 0.15) is 39.3 Å². The minimum Gasteiger partial charge on any atom is -0.493 e. The van der Waals surface area contributed by atoms with Crippen LogP contribution in [0.2, 0.25) is 0 Å². The van der Waals surface area contributed by atoms with E-state index in [9.17, 15) is 9.59 Å². The molecule has 6 heteroatoms.